The van der Waals surface area contributed by atoms with E-state index in [-0.39, 0.29) is 35.0 Å². The fraction of sp³-hybridized carbons (Fsp3) is 0.483. The second-order valence-electron chi connectivity index (χ2n) is 11.2. The first-order valence-corrected chi connectivity index (χ1v) is 13.0. The SMILES string of the molecule is C[C@H](C(=O)N1c2ccccc2[C@](C)(c2ccc(Cl)cc2)CC1(C)C)N1C(=O)[C@@H]2CCCC[C@H]2C1=O. The summed E-state index contributed by atoms with van der Waals surface area (Å²) in [6.45, 7) is 8.05. The zero-order chi connectivity index (χ0) is 25.1. The van der Waals surface area contributed by atoms with Crippen LogP contribution in [0, 0.1) is 11.8 Å². The van der Waals surface area contributed by atoms with Gasteiger partial charge in [0.1, 0.15) is 6.04 Å². The fourth-order valence-corrected chi connectivity index (χ4v) is 6.99. The normalized spacial score (nSPS) is 28.5. The van der Waals surface area contributed by atoms with Gasteiger partial charge in [-0.05, 0) is 69.4 Å². The van der Waals surface area contributed by atoms with Crippen LogP contribution in [0.4, 0.5) is 5.69 Å². The molecule has 2 fully saturated rings. The number of halogens is 1. The van der Waals surface area contributed by atoms with Gasteiger partial charge in [0, 0.05) is 21.7 Å². The number of carbonyl (C=O) groups excluding carboxylic acids is 3. The molecule has 5 nitrogen and oxygen atoms in total. The van der Waals surface area contributed by atoms with Crippen LogP contribution in [-0.4, -0.2) is 34.2 Å². The molecular weight excluding hydrogens is 460 g/mol. The summed E-state index contributed by atoms with van der Waals surface area (Å²) in [6, 6.07) is 15.1. The maximum atomic E-state index is 14.1. The van der Waals surface area contributed by atoms with Crippen LogP contribution in [0.5, 0.6) is 0 Å². The van der Waals surface area contributed by atoms with Gasteiger partial charge in [-0.15, -0.1) is 0 Å². The van der Waals surface area contributed by atoms with Gasteiger partial charge in [0.25, 0.3) is 5.91 Å². The molecular formula is C29H33ClN2O3. The number of likely N-dealkylation sites (tertiary alicyclic amines) is 1. The van der Waals surface area contributed by atoms with Crippen LogP contribution >= 0.6 is 11.6 Å². The first-order chi connectivity index (χ1) is 16.6. The average Bonchev–Trinajstić information content (AvgIpc) is 3.08. The highest BCUT2D eigenvalue weighted by atomic mass is 35.5. The summed E-state index contributed by atoms with van der Waals surface area (Å²) in [7, 11) is 0. The van der Waals surface area contributed by atoms with Crippen molar-refractivity contribution in [2.75, 3.05) is 4.90 Å². The highest BCUT2D eigenvalue weighted by molar-refractivity contribution is 6.30. The molecule has 35 heavy (non-hydrogen) atoms. The molecule has 5 rings (SSSR count). The Morgan fingerprint density at radius 3 is 2.11 bits per heavy atom. The molecule has 1 saturated carbocycles. The number of amides is 3. The van der Waals surface area contributed by atoms with Gasteiger partial charge < -0.3 is 4.90 Å². The summed E-state index contributed by atoms with van der Waals surface area (Å²) in [5.41, 5.74) is 2.13. The molecule has 0 bridgehead atoms. The molecule has 2 aromatic carbocycles. The highest BCUT2D eigenvalue weighted by Crippen LogP contribution is 2.51. The van der Waals surface area contributed by atoms with Gasteiger partial charge in [-0.2, -0.15) is 0 Å². The Kier molecular flexibility index (Phi) is 5.83. The molecule has 0 aromatic heterocycles. The first-order valence-electron chi connectivity index (χ1n) is 12.6. The minimum absolute atomic E-state index is 0.172. The summed E-state index contributed by atoms with van der Waals surface area (Å²) >= 11 is 6.17. The summed E-state index contributed by atoms with van der Waals surface area (Å²) < 4.78 is 0. The molecule has 6 heteroatoms. The Labute approximate surface area is 212 Å². The third kappa shape index (κ3) is 3.70. The molecule has 2 heterocycles. The third-order valence-corrected chi connectivity index (χ3v) is 8.70. The number of hydrogen-bond donors (Lipinski definition) is 0. The van der Waals surface area contributed by atoms with Crippen molar-refractivity contribution >= 4 is 35.0 Å². The lowest BCUT2D eigenvalue weighted by Gasteiger charge is -2.52. The van der Waals surface area contributed by atoms with Crippen LogP contribution in [0.2, 0.25) is 5.02 Å². The standard InChI is InChI=1S/C29H33ClN2O3/c1-18(31-26(34)21-9-5-6-10-22(21)27(31)35)25(33)32-24-12-8-7-11-23(24)29(4,17-28(32,2)3)19-13-15-20(30)16-14-19/h7-8,11-16,18,21-22H,5-6,9-10,17H2,1-4H3/t18-,21-,22-,29+/m1/s1. The van der Waals surface area contributed by atoms with Gasteiger partial charge >= 0.3 is 0 Å². The van der Waals surface area contributed by atoms with Crippen molar-refractivity contribution < 1.29 is 14.4 Å². The maximum Gasteiger partial charge on any atom is 0.250 e. The molecule has 1 aliphatic carbocycles. The number of rotatable bonds is 3. The van der Waals surface area contributed by atoms with E-state index in [1.165, 1.54) is 4.90 Å². The van der Waals surface area contributed by atoms with Crippen LogP contribution < -0.4 is 4.90 Å². The predicted molar refractivity (Wildman–Crippen MR) is 137 cm³/mol. The zero-order valence-electron chi connectivity index (χ0n) is 20.9. The summed E-state index contributed by atoms with van der Waals surface area (Å²) in [5.74, 6) is -1.08. The molecule has 0 radical (unpaired) electrons. The van der Waals surface area contributed by atoms with Gasteiger partial charge in [-0.25, -0.2) is 0 Å². The quantitative estimate of drug-likeness (QED) is 0.514. The summed E-state index contributed by atoms with van der Waals surface area (Å²) in [6.07, 6.45) is 4.09. The molecule has 3 aliphatic rings. The number of para-hydroxylation sites is 1. The van der Waals surface area contributed by atoms with Crippen molar-refractivity contribution in [3.05, 3.63) is 64.7 Å². The van der Waals surface area contributed by atoms with Crippen LogP contribution in [0.3, 0.4) is 0 Å². The molecule has 1 saturated heterocycles. The van der Waals surface area contributed by atoms with Crippen molar-refractivity contribution in [3.8, 4) is 0 Å². The number of imide groups is 1. The van der Waals surface area contributed by atoms with E-state index in [1.54, 1.807) is 6.92 Å². The lowest BCUT2D eigenvalue weighted by Crippen LogP contribution is -2.60. The second-order valence-corrected chi connectivity index (χ2v) is 11.7. The van der Waals surface area contributed by atoms with E-state index < -0.39 is 11.6 Å². The molecule has 2 aliphatic heterocycles. The number of anilines is 1. The van der Waals surface area contributed by atoms with Crippen molar-refractivity contribution in [1.29, 1.82) is 0 Å². The topological polar surface area (TPSA) is 57.7 Å². The summed E-state index contributed by atoms with van der Waals surface area (Å²) in [4.78, 5) is 43.7. The minimum atomic E-state index is -0.840. The largest absolute Gasteiger partial charge is 0.305 e. The van der Waals surface area contributed by atoms with Gasteiger partial charge in [-0.1, -0.05) is 61.7 Å². The molecule has 3 amide bonds. The van der Waals surface area contributed by atoms with Crippen molar-refractivity contribution in [2.45, 2.75) is 76.8 Å². The van der Waals surface area contributed by atoms with E-state index in [1.807, 2.05) is 35.2 Å². The van der Waals surface area contributed by atoms with Gasteiger partial charge in [-0.3, -0.25) is 19.3 Å². The Hall–Kier alpha value is -2.66. The molecule has 0 unspecified atom stereocenters. The van der Waals surface area contributed by atoms with Crippen LogP contribution in [0.25, 0.3) is 0 Å². The fourth-order valence-electron chi connectivity index (χ4n) is 6.86. The van der Waals surface area contributed by atoms with Gasteiger partial charge in [0.15, 0.2) is 0 Å². The molecule has 184 valence electrons. The monoisotopic (exact) mass is 492 g/mol. The van der Waals surface area contributed by atoms with E-state index in [4.69, 9.17) is 11.6 Å². The number of carbonyl (C=O) groups is 3. The minimum Gasteiger partial charge on any atom is -0.305 e. The Morgan fingerprint density at radius 2 is 1.51 bits per heavy atom. The van der Waals surface area contributed by atoms with Crippen LogP contribution in [-0.2, 0) is 19.8 Å². The Balaban J connectivity index is 1.54. The summed E-state index contributed by atoms with van der Waals surface area (Å²) in [5, 5.41) is 0.687. The van der Waals surface area contributed by atoms with Crippen molar-refractivity contribution in [3.63, 3.8) is 0 Å². The Bertz CT molecular complexity index is 1170. The number of fused-ring (bicyclic) bond motifs is 2. The second kappa shape index (κ2) is 8.48. The van der Waals surface area contributed by atoms with Gasteiger partial charge in [0.2, 0.25) is 11.8 Å². The van der Waals surface area contributed by atoms with E-state index >= 15 is 0 Å². The predicted octanol–water partition coefficient (Wildman–Crippen LogP) is 5.73. The maximum absolute atomic E-state index is 14.1. The Morgan fingerprint density at radius 1 is 0.943 bits per heavy atom. The van der Waals surface area contributed by atoms with E-state index in [9.17, 15) is 14.4 Å². The lowest BCUT2D eigenvalue weighted by atomic mass is 9.65. The number of nitrogens with zero attached hydrogens (tertiary/aromatic N) is 2. The molecule has 0 spiro atoms. The van der Waals surface area contributed by atoms with Crippen molar-refractivity contribution in [2.24, 2.45) is 11.8 Å². The average molecular weight is 493 g/mol. The zero-order valence-corrected chi connectivity index (χ0v) is 21.6. The van der Waals surface area contributed by atoms with Crippen molar-refractivity contribution in [1.82, 2.24) is 4.90 Å². The van der Waals surface area contributed by atoms with E-state index in [0.717, 1.165) is 42.5 Å². The number of benzene rings is 2. The van der Waals surface area contributed by atoms with E-state index in [0.29, 0.717) is 11.4 Å². The first kappa shape index (κ1) is 24.1. The van der Waals surface area contributed by atoms with Crippen LogP contribution in [0.1, 0.15) is 70.9 Å². The lowest BCUT2D eigenvalue weighted by molar-refractivity contribution is -0.147. The molecule has 2 aromatic rings. The molecule has 4 atom stereocenters. The highest BCUT2D eigenvalue weighted by Gasteiger charge is 2.54. The van der Waals surface area contributed by atoms with Crippen LogP contribution in [0.15, 0.2) is 48.5 Å². The molecule has 0 N–H and O–H groups in total. The third-order valence-electron chi connectivity index (χ3n) is 8.45. The van der Waals surface area contributed by atoms with E-state index in [2.05, 4.69) is 39.0 Å². The van der Waals surface area contributed by atoms with Gasteiger partial charge in [0.05, 0.1) is 11.8 Å². The number of hydrogen-bond acceptors (Lipinski definition) is 3. The smallest absolute Gasteiger partial charge is 0.250 e.